The summed E-state index contributed by atoms with van der Waals surface area (Å²) < 4.78 is 5.11. The molecule has 0 aliphatic carbocycles. The largest absolute Gasteiger partial charge is 0.467 e. The highest BCUT2D eigenvalue weighted by Gasteiger charge is 2.17. The molecule has 2 N–H and O–H groups in total. The van der Waals surface area contributed by atoms with Crippen LogP contribution in [-0.4, -0.2) is 17.6 Å². The molecule has 4 nitrogen and oxygen atoms in total. The number of aliphatic hydroxyl groups excluding tert-OH is 1. The third kappa shape index (κ3) is 3.10. The lowest BCUT2D eigenvalue weighted by Crippen LogP contribution is -2.27. The molecular formula is C17H15NO3S. The Balaban J connectivity index is 1.70. The van der Waals surface area contributed by atoms with Gasteiger partial charge in [-0.15, -0.1) is 11.3 Å². The smallest absolute Gasteiger partial charge is 0.262 e. The summed E-state index contributed by atoms with van der Waals surface area (Å²) in [4.78, 5) is 13.0. The number of carbonyl (C=O) groups is 1. The van der Waals surface area contributed by atoms with Gasteiger partial charge in [0.15, 0.2) is 0 Å². The van der Waals surface area contributed by atoms with Crippen molar-refractivity contribution in [1.82, 2.24) is 5.32 Å². The second kappa shape index (κ2) is 6.60. The number of furan rings is 1. The molecule has 0 saturated carbocycles. The van der Waals surface area contributed by atoms with Gasteiger partial charge in [-0.25, -0.2) is 0 Å². The Labute approximate surface area is 132 Å². The van der Waals surface area contributed by atoms with E-state index in [1.54, 1.807) is 12.1 Å². The highest BCUT2D eigenvalue weighted by molar-refractivity contribution is 7.12. The van der Waals surface area contributed by atoms with Crippen LogP contribution in [0.3, 0.4) is 0 Å². The molecule has 112 valence electrons. The lowest BCUT2D eigenvalue weighted by molar-refractivity contribution is 0.0905. The fourth-order valence-corrected chi connectivity index (χ4v) is 3.01. The van der Waals surface area contributed by atoms with Gasteiger partial charge >= 0.3 is 0 Å². The van der Waals surface area contributed by atoms with E-state index >= 15 is 0 Å². The van der Waals surface area contributed by atoms with Crippen molar-refractivity contribution in [3.05, 3.63) is 70.8 Å². The van der Waals surface area contributed by atoms with Crippen LogP contribution in [-0.2, 0) is 0 Å². The molecule has 1 unspecified atom stereocenters. The van der Waals surface area contributed by atoms with E-state index in [1.807, 2.05) is 41.8 Å². The van der Waals surface area contributed by atoms with E-state index in [4.69, 9.17) is 4.42 Å². The van der Waals surface area contributed by atoms with E-state index in [-0.39, 0.29) is 12.5 Å². The molecule has 0 fully saturated rings. The Morgan fingerprint density at radius 1 is 1.18 bits per heavy atom. The van der Waals surface area contributed by atoms with Crippen LogP contribution in [0.25, 0.3) is 11.1 Å². The number of carbonyl (C=O) groups excluding carboxylic acids is 1. The first-order valence-electron chi connectivity index (χ1n) is 6.88. The fourth-order valence-electron chi connectivity index (χ4n) is 2.18. The Bertz CT molecular complexity index is 734. The van der Waals surface area contributed by atoms with E-state index < -0.39 is 6.10 Å². The van der Waals surface area contributed by atoms with E-state index in [0.29, 0.717) is 10.6 Å². The molecule has 2 heterocycles. The van der Waals surface area contributed by atoms with Crippen molar-refractivity contribution in [2.75, 3.05) is 6.54 Å². The predicted molar refractivity (Wildman–Crippen MR) is 85.8 cm³/mol. The van der Waals surface area contributed by atoms with Gasteiger partial charge in [0.25, 0.3) is 5.91 Å². The van der Waals surface area contributed by atoms with Gasteiger partial charge < -0.3 is 14.8 Å². The molecule has 5 heteroatoms. The molecule has 1 amide bonds. The van der Waals surface area contributed by atoms with Crippen molar-refractivity contribution in [3.8, 4) is 11.1 Å². The Hall–Kier alpha value is -2.37. The van der Waals surface area contributed by atoms with E-state index in [2.05, 4.69) is 5.32 Å². The van der Waals surface area contributed by atoms with Gasteiger partial charge in [-0.1, -0.05) is 30.3 Å². The molecule has 2 aromatic heterocycles. The number of aliphatic hydroxyl groups is 1. The van der Waals surface area contributed by atoms with Gasteiger partial charge in [-0.05, 0) is 29.1 Å². The molecule has 0 spiro atoms. The monoisotopic (exact) mass is 313 g/mol. The molecule has 0 radical (unpaired) electrons. The van der Waals surface area contributed by atoms with Gasteiger partial charge in [0.1, 0.15) is 11.9 Å². The summed E-state index contributed by atoms with van der Waals surface area (Å²) in [6.45, 7) is 0.110. The summed E-state index contributed by atoms with van der Waals surface area (Å²) in [5, 5.41) is 14.6. The van der Waals surface area contributed by atoms with Gasteiger partial charge in [-0.2, -0.15) is 0 Å². The second-order valence-electron chi connectivity index (χ2n) is 4.77. The van der Waals surface area contributed by atoms with Crippen molar-refractivity contribution in [3.63, 3.8) is 0 Å². The van der Waals surface area contributed by atoms with Crippen LogP contribution in [0.1, 0.15) is 21.5 Å². The fraction of sp³-hybridized carbons (Fsp3) is 0.118. The number of amides is 1. The molecule has 1 aromatic carbocycles. The summed E-state index contributed by atoms with van der Waals surface area (Å²) in [7, 11) is 0. The molecule has 0 aliphatic rings. The van der Waals surface area contributed by atoms with Crippen LogP contribution < -0.4 is 5.32 Å². The van der Waals surface area contributed by atoms with Crippen molar-refractivity contribution < 1.29 is 14.3 Å². The third-order valence-corrected chi connectivity index (χ3v) is 4.20. The van der Waals surface area contributed by atoms with Crippen LogP contribution in [0.4, 0.5) is 0 Å². The molecule has 0 saturated heterocycles. The number of hydrogen-bond acceptors (Lipinski definition) is 4. The standard InChI is InChI=1S/C17H15NO3S/c19-14(15-7-4-9-21-15)11-18-17(20)16-13(8-10-22-16)12-5-2-1-3-6-12/h1-10,14,19H,11H2,(H,18,20). The summed E-state index contributed by atoms with van der Waals surface area (Å²) >= 11 is 1.38. The van der Waals surface area contributed by atoms with Gasteiger partial charge in [0.2, 0.25) is 0 Å². The number of hydrogen-bond donors (Lipinski definition) is 2. The predicted octanol–water partition coefficient (Wildman–Crippen LogP) is 3.47. The topological polar surface area (TPSA) is 62.5 Å². The first-order valence-corrected chi connectivity index (χ1v) is 7.76. The zero-order valence-corrected chi connectivity index (χ0v) is 12.5. The minimum atomic E-state index is -0.848. The molecule has 22 heavy (non-hydrogen) atoms. The van der Waals surface area contributed by atoms with E-state index in [9.17, 15) is 9.90 Å². The van der Waals surface area contributed by atoms with Gasteiger partial charge in [-0.3, -0.25) is 4.79 Å². The minimum Gasteiger partial charge on any atom is -0.467 e. The van der Waals surface area contributed by atoms with Gasteiger partial charge in [0, 0.05) is 5.56 Å². The van der Waals surface area contributed by atoms with Crippen LogP contribution in [0.2, 0.25) is 0 Å². The number of rotatable bonds is 5. The Morgan fingerprint density at radius 2 is 2.00 bits per heavy atom. The SMILES string of the molecule is O=C(NCC(O)c1ccco1)c1sccc1-c1ccccc1. The summed E-state index contributed by atoms with van der Waals surface area (Å²) in [5.74, 6) is 0.245. The maximum absolute atomic E-state index is 12.3. The minimum absolute atomic E-state index is 0.110. The summed E-state index contributed by atoms with van der Waals surface area (Å²) in [5.41, 5.74) is 1.90. The normalized spacial score (nSPS) is 12.0. The van der Waals surface area contributed by atoms with Gasteiger partial charge in [0.05, 0.1) is 17.7 Å². The average molecular weight is 313 g/mol. The van der Waals surface area contributed by atoms with Crippen LogP contribution in [0.5, 0.6) is 0 Å². The molecule has 3 aromatic rings. The van der Waals surface area contributed by atoms with Crippen molar-refractivity contribution in [2.24, 2.45) is 0 Å². The maximum Gasteiger partial charge on any atom is 0.262 e. The lowest BCUT2D eigenvalue weighted by Gasteiger charge is -2.10. The Kier molecular flexibility index (Phi) is 4.37. The average Bonchev–Trinajstić information content (AvgIpc) is 3.24. The lowest BCUT2D eigenvalue weighted by atomic mass is 10.1. The van der Waals surface area contributed by atoms with Crippen LogP contribution in [0.15, 0.2) is 64.6 Å². The molecule has 1 atom stereocenters. The zero-order valence-electron chi connectivity index (χ0n) is 11.7. The maximum atomic E-state index is 12.3. The highest BCUT2D eigenvalue weighted by Crippen LogP contribution is 2.28. The summed E-state index contributed by atoms with van der Waals surface area (Å²) in [6.07, 6.45) is 0.645. The van der Waals surface area contributed by atoms with Crippen LogP contribution in [0, 0.1) is 0 Å². The van der Waals surface area contributed by atoms with Crippen molar-refractivity contribution >= 4 is 17.2 Å². The quantitative estimate of drug-likeness (QED) is 0.758. The second-order valence-corrected chi connectivity index (χ2v) is 5.69. The molecule has 0 aliphatic heterocycles. The third-order valence-electron chi connectivity index (χ3n) is 3.28. The first-order chi connectivity index (χ1) is 10.8. The molecule has 0 bridgehead atoms. The Morgan fingerprint density at radius 3 is 2.73 bits per heavy atom. The van der Waals surface area contributed by atoms with E-state index in [0.717, 1.165) is 11.1 Å². The molecular weight excluding hydrogens is 298 g/mol. The number of thiophene rings is 1. The highest BCUT2D eigenvalue weighted by atomic mass is 32.1. The first kappa shape index (κ1) is 14.6. The number of nitrogens with one attached hydrogen (secondary N) is 1. The van der Waals surface area contributed by atoms with Crippen molar-refractivity contribution in [1.29, 1.82) is 0 Å². The molecule has 3 rings (SSSR count). The van der Waals surface area contributed by atoms with E-state index in [1.165, 1.54) is 17.6 Å². The number of benzene rings is 1. The van der Waals surface area contributed by atoms with Crippen LogP contribution >= 0.6 is 11.3 Å². The van der Waals surface area contributed by atoms with Crippen molar-refractivity contribution in [2.45, 2.75) is 6.10 Å². The zero-order chi connectivity index (χ0) is 15.4. The summed E-state index contributed by atoms with van der Waals surface area (Å²) in [6, 6.07) is 15.1.